The standard InChI is InChI=1S/C14H20ClFN2/c1-11-10-17(2)7-4-8-18(11)14-6-3-5-13(16)12(14)9-15/h3,5-6,11H,4,7-10H2,1-2H3. The Bertz CT molecular complexity index is 411. The molecule has 1 unspecified atom stereocenters. The normalized spacial score (nSPS) is 22.0. The predicted octanol–water partition coefficient (Wildman–Crippen LogP) is 3.09. The molecule has 1 aliphatic heterocycles. The summed E-state index contributed by atoms with van der Waals surface area (Å²) in [6.07, 6.45) is 1.10. The quantitative estimate of drug-likeness (QED) is 0.762. The van der Waals surface area contributed by atoms with Crippen LogP contribution in [-0.4, -0.2) is 37.6 Å². The molecule has 2 rings (SSSR count). The summed E-state index contributed by atoms with van der Waals surface area (Å²) in [5.41, 5.74) is 1.57. The largest absolute Gasteiger partial charge is 0.367 e. The van der Waals surface area contributed by atoms with E-state index in [1.807, 2.05) is 6.07 Å². The number of rotatable bonds is 2. The van der Waals surface area contributed by atoms with Gasteiger partial charge in [0.05, 0.1) is 5.88 Å². The van der Waals surface area contributed by atoms with Gasteiger partial charge in [0.2, 0.25) is 0 Å². The molecule has 1 aliphatic rings. The first kappa shape index (κ1) is 13.6. The van der Waals surface area contributed by atoms with Crippen LogP contribution in [0.15, 0.2) is 18.2 Å². The third-order valence-electron chi connectivity index (χ3n) is 3.58. The van der Waals surface area contributed by atoms with E-state index in [1.54, 1.807) is 6.07 Å². The van der Waals surface area contributed by atoms with Crippen LogP contribution in [-0.2, 0) is 5.88 Å². The molecular formula is C14H20ClFN2. The van der Waals surface area contributed by atoms with E-state index in [9.17, 15) is 4.39 Å². The zero-order chi connectivity index (χ0) is 13.1. The highest BCUT2D eigenvalue weighted by atomic mass is 35.5. The van der Waals surface area contributed by atoms with Crippen molar-refractivity contribution >= 4 is 17.3 Å². The van der Waals surface area contributed by atoms with Gasteiger partial charge in [0.1, 0.15) is 5.82 Å². The zero-order valence-electron chi connectivity index (χ0n) is 11.0. The number of hydrogen-bond acceptors (Lipinski definition) is 2. The van der Waals surface area contributed by atoms with Gasteiger partial charge in [0.25, 0.3) is 0 Å². The lowest BCUT2D eigenvalue weighted by molar-refractivity contribution is 0.337. The minimum Gasteiger partial charge on any atom is -0.367 e. The molecule has 1 saturated heterocycles. The average molecular weight is 271 g/mol. The zero-order valence-corrected chi connectivity index (χ0v) is 11.8. The molecule has 2 nitrogen and oxygen atoms in total. The number of likely N-dealkylation sites (N-methyl/N-ethyl adjacent to an activating group) is 1. The van der Waals surface area contributed by atoms with Gasteiger partial charge in [0.15, 0.2) is 0 Å². The van der Waals surface area contributed by atoms with E-state index in [-0.39, 0.29) is 11.7 Å². The molecule has 1 heterocycles. The van der Waals surface area contributed by atoms with Crippen molar-refractivity contribution in [2.75, 3.05) is 31.6 Å². The van der Waals surface area contributed by atoms with Gasteiger partial charge in [0, 0.05) is 30.4 Å². The average Bonchev–Trinajstić information content (AvgIpc) is 2.49. The fourth-order valence-corrected chi connectivity index (χ4v) is 2.94. The minimum absolute atomic E-state index is 0.202. The maximum Gasteiger partial charge on any atom is 0.129 e. The molecule has 100 valence electrons. The molecule has 0 aromatic heterocycles. The van der Waals surface area contributed by atoms with Crippen molar-refractivity contribution in [3.8, 4) is 0 Å². The molecule has 18 heavy (non-hydrogen) atoms. The van der Waals surface area contributed by atoms with Gasteiger partial charge in [-0.2, -0.15) is 0 Å². The molecule has 0 spiro atoms. The van der Waals surface area contributed by atoms with Crippen LogP contribution in [0.2, 0.25) is 0 Å². The lowest BCUT2D eigenvalue weighted by Crippen LogP contribution is -2.38. The Kier molecular flexibility index (Phi) is 4.46. The summed E-state index contributed by atoms with van der Waals surface area (Å²) in [7, 11) is 2.13. The minimum atomic E-state index is -0.202. The Hall–Kier alpha value is -0.800. The molecule has 1 atom stereocenters. The van der Waals surface area contributed by atoms with Crippen LogP contribution in [0, 0.1) is 5.82 Å². The number of halogens is 2. The van der Waals surface area contributed by atoms with Crippen LogP contribution in [0.25, 0.3) is 0 Å². The fraction of sp³-hybridized carbons (Fsp3) is 0.571. The topological polar surface area (TPSA) is 6.48 Å². The highest BCUT2D eigenvalue weighted by molar-refractivity contribution is 6.17. The monoisotopic (exact) mass is 270 g/mol. The van der Waals surface area contributed by atoms with E-state index in [0.717, 1.165) is 31.7 Å². The molecular weight excluding hydrogens is 251 g/mol. The van der Waals surface area contributed by atoms with E-state index in [1.165, 1.54) is 6.07 Å². The lowest BCUT2D eigenvalue weighted by atomic mass is 10.1. The van der Waals surface area contributed by atoms with Gasteiger partial charge < -0.3 is 9.80 Å². The van der Waals surface area contributed by atoms with Crippen LogP contribution >= 0.6 is 11.6 Å². The summed E-state index contributed by atoms with van der Waals surface area (Å²) in [6, 6.07) is 5.60. The van der Waals surface area contributed by atoms with Gasteiger partial charge >= 0.3 is 0 Å². The molecule has 1 aromatic rings. The molecule has 0 saturated carbocycles. The van der Waals surface area contributed by atoms with Crippen molar-refractivity contribution in [3.05, 3.63) is 29.6 Å². The van der Waals surface area contributed by atoms with Crippen LogP contribution in [0.5, 0.6) is 0 Å². The molecule has 1 fully saturated rings. The van der Waals surface area contributed by atoms with Gasteiger partial charge in [-0.15, -0.1) is 11.6 Å². The summed E-state index contributed by atoms with van der Waals surface area (Å²) < 4.78 is 13.8. The summed E-state index contributed by atoms with van der Waals surface area (Å²) in [4.78, 5) is 4.61. The molecule has 4 heteroatoms. The van der Waals surface area contributed by atoms with E-state index >= 15 is 0 Å². The maximum absolute atomic E-state index is 13.8. The van der Waals surface area contributed by atoms with Crippen LogP contribution < -0.4 is 4.90 Å². The highest BCUT2D eigenvalue weighted by Crippen LogP contribution is 2.27. The Balaban J connectivity index is 2.32. The van der Waals surface area contributed by atoms with Crippen molar-refractivity contribution in [3.63, 3.8) is 0 Å². The van der Waals surface area contributed by atoms with Gasteiger partial charge in [-0.05, 0) is 39.1 Å². The first-order valence-electron chi connectivity index (χ1n) is 6.42. The van der Waals surface area contributed by atoms with E-state index in [0.29, 0.717) is 11.6 Å². The van der Waals surface area contributed by atoms with Crippen LogP contribution in [0.4, 0.5) is 10.1 Å². The molecule has 0 aliphatic carbocycles. The number of hydrogen-bond donors (Lipinski definition) is 0. The first-order chi connectivity index (χ1) is 8.63. The highest BCUT2D eigenvalue weighted by Gasteiger charge is 2.22. The number of anilines is 1. The smallest absolute Gasteiger partial charge is 0.129 e. The van der Waals surface area contributed by atoms with Gasteiger partial charge in [-0.3, -0.25) is 0 Å². The van der Waals surface area contributed by atoms with Crippen molar-refractivity contribution in [2.45, 2.75) is 25.3 Å². The fourth-order valence-electron chi connectivity index (χ4n) is 2.68. The van der Waals surface area contributed by atoms with Crippen LogP contribution in [0.1, 0.15) is 18.9 Å². The Morgan fingerprint density at radius 1 is 1.39 bits per heavy atom. The van der Waals surface area contributed by atoms with Gasteiger partial charge in [-0.1, -0.05) is 6.07 Å². The van der Waals surface area contributed by atoms with Crippen LogP contribution in [0.3, 0.4) is 0 Å². The Morgan fingerprint density at radius 2 is 2.17 bits per heavy atom. The SMILES string of the molecule is CC1CN(C)CCCN1c1cccc(F)c1CCl. The molecule has 1 aromatic carbocycles. The lowest BCUT2D eigenvalue weighted by Gasteiger charge is -2.31. The van der Waals surface area contributed by atoms with E-state index in [2.05, 4.69) is 23.8 Å². The summed E-state index contributed by atoms with van der Waals surface area (Å²) in [5, 5.41) is 0. The number of alkyl halides is 1. The van der Waals surface area contributed by atoms with Crippen molar-refractivity contribution in [1.29, 1.82) is 0 Å². The molecule has 0 radical (unpaired) electrons. The molecule has 0 amide bonds. The number of nitrogens with zero attached hydrogens (tertiary/aromatic N) is 2. The number of benzene rings is 1. The van der Waals surface area contributed by atoms with E-state index < -0.39 is 0 Å². The third kappa shape index (κ3) is 2.78. The Labute approximate surface area is 113 Å². The summed E-state index contributed by atoms with van der Waals surface area (Å²) in [5.74, 6) is 0.0217. The molecule has 0 N–H and O–H groups in total. The van der Waals surface area contributed by atoms with E-state index in [4.69, 9.17) is 11.6 Å². The van der Waals surface area contributed by atoms with Crippen molar-refractivity contribution in [2.24, 2.45) is 0 Å². The second-order valence-electron chi connectivity index (χ2n) is 5.03. The Morgan fingerprint density at radius 3 is 2.89 bits per heavy atom. The second kappa shape index (κ2) is 5.89. The summed E-state index contributed by atoms with van der Waals surface area (Å²) in [6.45, 7) is 5.23. The maximum atomic E-state index is 13.8. The first-order valence-corrected chi connectivity index (χ1v) is 6.95. The van der Waals surface area contributed by atoms with Crippen molar-refractivity contribution in [1.82, 2.24) is 4.90 Å². The predicted molar refractivity (Wildman–Crippen MR) is 74.9 cm³/mol. The second-order valence-corrected chi connectivity index (χ2v) is 5.30. The third-order valence-corrected chi connectivity index (χ3v) is 3.85. The molecule has 0 bridgehead atoms. The summed E-state index contributed by atoms with van der Waals surface area (Å²) >= 11 is 5.90. The van der Waals surface area contributed by atoms with Crippen molar-refractivity contribution < 1.29 is 4.39 Å². The van der Waals surface area contributed by atoms with Gasteiger partial charge in [-0.25, -0.2) is 4.39 Å².